The molecule has 2 nitrogen and oxygen atoms in total. The lowest BCUT2D eigenvalue weighted by Gasteiger charge is -2.22. The van der Waals surface area contributed by atoms with Crippen molar-refractivity contribution in [1.82, 2.24) is 4.57 Å². The molecule has 3 heteroatoms. The molecular weight excluding hydrogens is 323 g/mol. The first-order valence-corrected chi connectivity index (χ1v) is 9.29. The van der Waals surface area contributed by atoms with E-state index < -0.39 is 0 Å². The number of rotatable bonds is 4. The van der Waals surface area contributed by atoms with Gasteiger partial charge in [0, 0.05) is 12.1 Å². The maximum absolute atomic E-state index is 15.2. The first-order chi connectivity index (χ1) is 12.3. The van der Waals surface area contributed by atoms with Gasteiger partial charge in [0.05, 0.1) is 5.69 Å². The molecule has 26 heavy (non-hydrogen) atoms. The van der Waals surface area contributed by atoms with E-state index in [9.17, 15) is 0 Å². The number of para-hydroxylation sites is 1. The lowest BCUT2D eigenvalue weighted by Crippen LogP contribution is -2.31. The van der Waals surface area contributed by atoms with Crippen LogP contribution in [0, 0.1) is 12.9 Å². The minimum Gasteiger partial charge on any atom is -0.280 e. The fourth-order valence-corrected chi connectivity index (χ4v) is 3.67. The maximum Gasteiger partial charge on any atom is 0.229 e. The van der Waals surface area contributed by atoms with Crippen molar-refractivity contribution in [2.45, 2.75) is 46.5 Å². The SMILES string of the molecule is Cc1cc(F)n(-c2c(C(C)C)cccc2C(C)C)c1-c1cccc[n+]1C. The highest BCUT2D eigenvalue weighted by Gasteiger charge is 2.26. The fourth-order valence-electron chi connectivity index (χ4n) is 3.67. The summed E-state index contributed by atoms with van der Waals surface area (Å²) in [6, 6.07) is 14.0. The lowest BCUT2D eigenvalue weighted by molar-refractivity contribution is -0.660. The molecule has 0 atom stereocenters. The minimum atomic E-state index is -0.212. The Balaban J connectivity index is 2.42. The van der Waals surface area contributed by atoms with E-state index in [0.29, 0.717) is 11.8 Å². The summed E-state index contributed by atoms with van der Waals surface area (Å²) in [5.74, 6) is 0.405. The van der Waals surface area contributed by atoms with E-state index in [1.165, 1.54) is 11.1 Å². The van der Waals surface area contributed by atoms with Gasteiger partial charge in [-0.2, -0.15) is 8.96 Å². The molecule has 0 bridgehead atoms. The first-order valence-electron chi connectivity index (χ1n) is 9.29. The average molecular weight is 351 g/mol. The third kappa shape index (κ3) is 3.07. The Morgan fingerprint density at radius 2 is 1.54 bits per heavy atom. The largest absolute Gasteiger partial charge is 0.280 e. The Labute approximate surface area is 155 Å². The number of aryl methyl sites for hydroxylation is 2. The van der Waals surface area contributed by atoms with E-state index in [2.05, 4.69) is 45.9 Å². The number of benzene rings is 1. The third-order valence-corrected chi connectivity index (χ3v) is 5.01. The molecule has 0 saturated carbocycles. The van der Waals surface area contributed by atoms with E-state index in [-0.39, 0.29) is 5.95 Å². The van der Waals surface area contributed by atoms with Crippen molar-refractivity contribution >= 4 is 0 Å². The number of hydrogen-bond acceptors (Lipinski definition) is 0. The molecular formula is C23H28FN2+. The first kappa shape index (κ1) is 18.4. The Kier molecular flexibility index (Phi) is 4.99. The Hall–Kier alpha value is -2.42. The normalized spacial score (nSPS) is 11.6. The Morgan fingerprint density at radius 3 is 2.08 bits per heavy atom. The Bertz CT molecular complexity index is 909. The van der Waals surface area contributed by atoms with Crippen LogP contribution in [-0.4, -0.2) is 4.57 Å². The highest BCUT2D eigenvalue weighted by Crippen LogP contribution is 2.36. The summed E-state index contributed by atoms with van der Waals surface area (Å²) < 4.78 is 19.1. The third-order valence-electron chi connectivity index (χ3n) is 5.01. The Morgan fingerprint density at radius 1 is 0.923 bits per heavy atom. The summed E-state index contributed by atoms with van der Waals surface area (Å²) in [5, 5.41) is 0. The van der Waals surface area contributed by atoms with Gasteiger partial charge in [-0.25, -0.2) is 0 Å². The number of aromatic nitrogens is 2. The molecule has 2 aromatic heterocycles. The number of hydrogen-bond donors (Lipinski definition) is 0. The second-order valence-corrected chi connectivity index (χ2v) is 7.63. The van der Waals surface area contributed by atoms with Crippen LogP contribution in [0.4, 0.5) is 4.39 Å². The van der Waals surface area contributed by atoms with Crippen LogP contribution in [0.15, 0.2) is 48.7 Å². The van der Waals surface area contributed by atoms with Crippen molar-refractivity contribution in [3.05, 3.63) is 71.3 Å². The van der Waals surface area contributed by atoms with Gasteiger partial charge in [0.2, 0.25) is 5.69 Å². The zero-order valence-corrected chi connectivity index (χ0v) is 16.5. The van der Waals surface area contributed by atoms with Gasteiger partial charge in [-0.1, -0.05) is 45.9 Å². The second-order valence-electron chi connectivity index (χ2n) is 7.63. The van der Waals surface area contributed by atoms with Gasteiger partial charge in [-0.05, 0) is 47.6 Å². The van der Waals surface area contributed by atoms with Crippen LogP contribution in [0.25, 0.3) is 17.1 Å². The van der Waals surface area contributed by atoms with Gasteiger partial charge in [0.25, 0.3) is 0 Å². The van der Waals surface area contributed by atoms with Crippen LogP contribution in [0.3, 0.4) is 0 Å². The van der Waals surface area contributed by atoms with Crippen LogP contribution < -0.4 is 4.57 Å². The highest BCUT2D eigenvalue weighted by molar-refractivity contribution is 5.64. The van der Waals surface area contributed by atoms with Crippen molar-refractivity contribution < 1.29 is 8.96 Å². The van der Waals surface area contributed by atoms with Gasteiger partial charge < -0.3 is 0 Å². The smallest absolute Gasteiger partial charge is 0.229 e. The summed E-state index contributed by atoms with van der Waals surface area (Å²) in [6.07, 6.45) is 2.00. The standard InChI is InChI=1S/C23H28FN2/c1-15(2)18-10-9-11-19(16(3)4)23(18)26-21(24)14-17(5)22(26)20-12-7-8-13-25(20)6/h7-16H,1-6H3/q+1. The van der Waals surface area contributed by atoms with Crippen LogP contribution >= 0.6 is 0 Å². The van der Waals surface area contributed by atoms with E-state index in [1.807, 2.05) is 47.5 Å². The molecule has 0 aliphatic rings. The summed E-state index contributed by atoms with van der Waals surface area (Å²) in [6.45, 7) is 10.6. The molecule has 3 rings (SSSR count). The van der Waals surface area contributed by atoms with Crippen molar-refractivity contribution in [3.63, 3.8) is 0 Å². The van der Waals surface area contributed by atoms with Gasteiger partial charge >= 0.3 is 0 Å². The van der Waals surface area contributed by atoms with E-state index >= 15 is 4.39 Å². The summed E-state index contributed by atoms with van der Waals surface area (Å²) in [7, 11) is 2.00. The highest BCUT2D eigenvalue weighted by atomic mass is 19.1. The maximum atomic E-state index is 15.2. The van der Waals surface area contributed by atoms with E-state index in [4.69, 9.17) is 0 Å². The number of pyridine rings is 1. The minimum absolute atomic E-state index is 0.212. The second kappa shape index (κ2) is 7.06. The predicted molar refractivity (Wildman–Crippen MR) is 105 cm³/mol. The van der Waals surface area contributed by atoms with E-state index in [1.54, 1.807) is 6.07 Å². The van der Waals surface area contributed by atoms with Crippen LogP contribution in [-0.2, 0) is 7.05 Å². The summed E-state index contributed by atoms with van der Waals surface area (Å²) in [5.41, 5.74) is 6.19. The molecule has 136 valence electrons. The van der Waals surface area contributed by atoms with Crippen LogP contribution in [0.5, 0.6) is 0 Å². The molecule has 0 spiro atoms. The molecule has 0 fully saturated rings. The zero-order valence-electron chi connectivity index (χ0n) is 16.5. The summed E-state index contributed by atoms with van der Waals surface area (Å²) >= 11 is 0. The van der Waals surface area contributed by atoms with Crippen molar-refractivity contribution in [3.8, 4) is 17.1 Å². The van der Waals surface area contributed by atoms with Crippen molar-refractivity contribution in [2.75, 3.05) is 0 Å². The molecule has 0 aliphatic carbocycles. The van der Waals surface area contributed by atoms with Gasteiger partial charge in [0.15, 0.2) is 12.1 Å². The quantitative estimate of drug-likeness (QED) is 0.536. The predicted octanol–water partition coefficient (Wildman–Crippen LogP) is 5.66. The molecule has 0 N–H and O–H groups in total. The lowest BCUT2D eigenvalue weighted by atomic mass is 9.92. The molecule has 0 amide bonds. The fraction of sp³-hybridized carbons (Fsp3) is 0.348. The van der Waals surface area contributed by atoms with Crippen molar-refractivity contribution in [2.24, 2.45) is 7.05 Å². The monoisotopic (exact) mass is 351 g/mol. The molecule has 2 heterocycles. The summed E-state index contributed by atoms with van der Waals surface area (Å²) in [4.78, 5) is 0. The number of halogens is 1. The van der Waals surface area contributed by atoms with Gasteiger partial charge in [0.1, 0.15) is 12.7 Å². The number of nitrogens with zero attached hydrogens (tertiary/aromatic N) is 2. The average Bonchev–Trinajstić information content (AvgIpc) is 2.88. The molecule has 1 aromatic carbocycles. The van der Waals surface area contributed by atoms with Crippen molar-refractivity contribution in [1.29, 1.82) is 0 Å². The van der Waals surface area contributed by atoms with Gasteiger partial charge in [-0.3, -0.25) is 4.57 Å². The molecule has 0 saturated heterocycles. The topological polar surface area (TPSA) is 8.81 Å². The van der Waals surface area contributed by atoms with E-state index in [0.717, 1.165) is 22.6 Å². The molecule has 3 aromatic rings. The van der Waals surface area contributed by atoms with Crippen LogP contribution in [0.2, 0.25) is 0 Å². The zero-order chi connectivity index (χ0) is 19.0. The van der Waals surface area contributed by atoms with Gasteiger partial charge in [-0.15, -0.1) is 0 Å². The molecule has 0 unspecified atom stereocenters. The molecule has 0 aliphatic heterocycles. The molecule has 0 radical (unpaired) electrons. The van der Waals surface area contributed by atoms with Crippen LogP contribution in [0.1, 0.15) is 56.2 Å².